The first kappa shape index (κ1) is 11.7. The number of rotatable bonds is 4. The molecule has 1 aromatic carbocycles. The molecule has 0 saturated heterocycles. The van der Waals surface area contributed by atoms with Crippen LogP contribution >= 0.6 is 11.6 Å². The number of anilines is 1. The van der Waals surface area contributed by atoms with Gasteiger partial charge in [0.2, 0.25) is 0 Å². The van der Waals surface area contributed by atoms with Crippen molar-refractivity contribution in [3.8, 4) is 0 Å². The maximum atomic E-state index is 6.01. The third kappa shape index (κ3) is 2.69. The van der Waals surface area contributed by atoms with Crippen molar-refractivity contribution in [2.45, 2.75) is 32.4 Å². The van der Waals surface area contributed by atoms with Gasteiger partial charge in [-0.3, -0.25) is 4.90 Å². The first-order valence-corrected chi connectivity index (χ1v) is 6.20. The Bertz CT molecular complexity index is 374. The van der Waals surface area contributed by atoms with E-state index in [1.54, 1.807) is 0 Å². The molecule has 1 unspecified atom stereocenters. The maximum Gasteiger partial charge on any atom is 0.0638 e. The van der Waals surface area contributed by atoms with E-state index in [4.69, 9.17) is 17.3 Å². The molecule has 88 valence electrons. The van der Waals surface area contributed by atoms with Crippen molar-refractivity contribution < 1.29 is 0 Å². The van der Waals surface area contributed by atoms with Gasteiger partial charge in [-0.1, -0.05) is 17.7 Å². The molecule has 1 fully saturated rings. The van der Waals surface area contributed by atoms with Gasteiger partial charge in [-0.2, -0.15) is 0 Å². The fourth-order valence-corrected chi connectivity index (χ4v) is 2.24. The van der Waals surface area contributed by atoms with Gasteiger partial charge in [-0.05, 0) is 50.4 Å². The molecule has 0 heterocycles. The third-order valence-electron chi connectivity index (χ3n) is 3.50. The molecule has 0 bridgehead atoms. The van der Waals surface area contributed by atoms with Crippen LogP contribution in [0.4, 0.5) is 5.69 Å². The Hall–Kier alpha value is -0.730. The van der Waals surface area contributed by atoms with Crippen LogP contribution in [-0.4, -0.2) is 18.0 Å². The van der Waals surface area contributed by atoms with E-state index < -0.39 is 0 Å². The van der Waals surface area contributed by atoms with Crippen LogP contribution in [0.25, 0.3) is 0 Å². The van der Waals surface area contributed by atoms with Crippen molar-refractivity contribution in [3.63, 3.8) is 0 Å². The molecule has 16 heavy (non-hydrogen) atoms. The summed E-state index contributed by atoms with van der Waals surface area (Å²) in [6.07, 6.45) is 2.77. The second-order valence-corrected chi connectivity index (χ2v) is 5.26. The molecular weight excluding hydrogens is 220 g/mol. The van der Waals surface area contributed by atoms with Crippen LogP contribution in [0, 0.1) is 5.92 Å². The molecule has 0 radical (unpaired) electrons. The van der Waals surface area contributed by atoms with Crippen LogP contribution in [0.15, 0.2) is 18.2 Å². The Morgan fingerprint density at radius 3 is 2.75 bits per heavy atom. The fourth-order valence-electron chi connectivity index (χ4n) is 2.04. The van der Waals surface area contributed by atoms with Crippen molar-refractivity contribution in [1.29, 1.82) is 0 Å². The van der Waals surface area contributed by atoms with E-state index >= 15 is 0 Å². The number of nitrogen functional groups attached to an aromatic ring is 1. The summed E-state index contributed by atoms with van der Waals surface area (Å²) >= 11 is 6.01. The smallest absolute Gasteiger partial charge is 0.0638 e. The summed E-state index contributed by atoms with van der Waals surface area (Å²) in [7, 11) is 2.17. The van der Waals surface area contributed by atoms with Gasteiger partial charge in [0.1, 0.15) is 0 Å². The van der Waals surface area contributed by atoms with E-state index in [-0.39, 0.29) is 0 Å². The van der Waals surface area contributed by atoms with Crippen LogP contribution in [0.1, 0.15) is 25.3 Å². The van der Waals surface area contributed by atoms with Crippen molar-refractivity contribution in [3.05, 3.63) is 28.8 Å². The predicted octanol–water partition coefficient (Wildman–Crippen LogP) is 3.15. The highest BCUT2D eigenvalue weighted by Crippen LogP contribution is 2.35. The van der Waals surface area contributed by atoms with Crippen LogP contribution in [0.5, 0.6) is 0 Å². The summed E-state index contributed by atoms with van der Waals surface area (Å²) < 4.78 is 0. The van der Waals surface area contributed by atoms with Gasteiger partial charge in [0.15, 0.2) is 0 Å². The summed E-state index contributed by atoms with van der Waals surface area (Å²) in [5.74, 6) is 0.897. The fraction of sp³-hybridized carbons (Fsp3) is 0.538. The van der Waals surface area contributed by atoms with Crippen LogP contribution in [-0.2, 0) is 6.54 Å². The monoisotopic (exact) mass is 238 g/mol. The first-order valence-electron chi connectivity index (χ1n) is 5.82. The molecule has 2 nitrogen and oxygen atoms in total. The van der Waals surface area contributed by atoms with Crippen molar-refractivity contribution in [1.82, 2.24) is 4.90 Å². The topological polar surface area (TPSA) is 29.3 Å². The van der Waals surface area contributed by atoms with E-state index in [9.17, 15) is 0 Å². The summed E-state index contributed by atoms with van der Waals surface area (Å²) in [5, 5.41) is 0.657. The molecule has 1 atom stereocenters. The van der Waals surface area contributed by atoms with Gasteiger partial charge in [-0.25, -0.2) is 0 Å². The van der Waals surface area contributed by atoms with E-state index in [1.165, 1.54) is 18.4 Å². The second kappa shape index (κ2) is 4.64. The molecule has 1 aliphatic rings. The molecule has 3 heteroatoms. The molecule has 2 rings (SSSR count). The van der Waals surface area contributed by atoms with Gasteiger partial charge in [0, 0.05) is 12.6 Å². The van der Waals surface area contributed by atoms with Crippen molar-refractivity contribution >= 4 is 17.3 Å². The minimum atomic E-state index is 0.656. The zero-order valence-corrected chi connectivity index (χ0v) is 10.7. The highest BCUT2D eigenvalue weighted by Gasteiger charge is 2.30. The Morgan fingerprint density at radius 1 is 1.50 bits per heavy atom. The first-order chi connectivity index (χ1) is 7.58. The number of benzene rings is 1. The zero-order valence-electron chi connectivity index (χ0n) is 9.91. The largest absolute Gasteiger partial charge is 0.398 e. The van der Waals surface area contributed by atoms with Gasteiger partial charge in [-0.15, -0.1) is 0 Å². The molecule has 0 aliphatic heterocycles. The zero-order chi connectivity index (χ0) is 11.7. The Balaban J connectivity index is 1.99. The standard InChI is InChI=1S/C13H19ClN2/c1-9(11-4-5-11)16(2)8-10-3-6-13(15)12(14)7-10/h3,6-7,9,11H,4-5,8,15H2,1-2H3. The minimum absolute atomic E-state index is 0.656. The van der Waals surface area contributed by atoms with E-state index in [0.717, 1.165) is 12.5 Å². The third-order valence-corrected chi connectivity index (χ3v) is 3.82. The molecule has 1 saturated carbocycles. The lowest BCUT2D eigenvalue weighted by Gasteiger charge is -2.24. The lowest BCUT2D eigenvalue weighted by Crippen LogP contribution is -2.30. The number of halogens is 1. The summed E-state index contributed by atoms with van der Waals surface area (Å²) in [6.45, 7) is 3.24. The summed E-state index contributed by atoms with van der Waals surface area (Å²) in [4.78, 5) is 2.39. The van der Waals surface area contributed by atoms with Crippen LogP contribution in [0.2, 0.25) is 5.02 Å². The molecule has 0 amide bonds. The van der Waals surface area contributed by atoms with Crippen molar-refractivity contribution in [2.24, 2.45) is 5.92 Å². The average molecular weight is 239 g/mol. The Morgan fingerprint density at radius 2 is 2.19 bits per heavy atom. The molecular formula is C13H19ClN2. The molecule has 2 N–H and O–H groups in total. The molecule has 0 spiro atoms. The van der Waals surface area contributed by atoms with E-state index in [1.807, 2.05) is 12.1 Å². The summed E-state index contributed by atoms with van der Waals surface area (Å²) in [5.41, 5.74) is 7.58. The molecule has 0 aromatic heterocycles. The van der Waals surface area contributed by atoms with Gasteiger partial charge < -0.3 is 5.73 Å². The average Bonchev–Trinajstić information content (AvgIpc) is 3.06. The maximum absolute atomic E-state index is 6.01. The van der Waals surface area contributed by atoms with E-state index in [2.05, 4.69) is 24.9 Å². The highest BCUT2D eigenvalue weighted by atomic mass is 35.5. The highest BCUT2D eigenvalue weighted by molar-refractivity contribution is 6.33. The predicted molar refractivity (Wildman–Crippen MR) is 69.5 cm³/mol. The number of nitrogens with zero attached hydrogens (tertiary/aromatic N) is 1. The van der Waals surface area contributed by atoms with Crippen LogP contribution < -0.4 is 5.73 Å². The normalized spacial score (nSPS) is 17.8. The van der Waals surface area contributed by atoms with Gasteiger partial charge in [0.05, 0.1) is 10.7 Å². The number of hydrogen-bond donors (Lipinski definition) is 1. The quantitative estimate of drug-likeness (QED) is 0.817. The SMILES string of the molecule is CC(C1CC1)N(C)Cc1ccc(N)c(Cl)c1. The number of hydrogen-bond acceptors (Lipinski definition) is 2. The lowest BCUT2D eigenvalue weighted by molar-refractivity contribution is 0.226. The minimum Gasteiger partial charge on any atom is -0.398 e. The van der Waals surface area contributed by atoms with E-state index in [0.29, 0.717) is 16.8 Å². The molecule has 1 aromatic rings. The second-order valence-electron chi connectivity index (χ2n) is 4.85. The Kier molecular flexibility index (Phi) is 3.41. The van der Waals surface area contributed by atoms with Gasteiger partial charge in [0.25, 0.3) is 0 Å². The van der Waals surface area contributed by atoms with Gasteiger partial charge >= 0.3 is 0 Å². The molecule has 1 aliphatic carbocycles. The summed E-state index contributed by atoms with van der Waals surface area (Å²) in [6, 6.07) is 6.56. The number of nitrogens with two attached hydrogens (primary N) is 1. The lowest BCUT2D eigenvalue weighted by atomic mass is 10.1. The Labute approximate surface area is 102 Å². The van der Waals surface area contributed by atoms with Crippen LogP contribution in [0.3, 0.4) is 0 Å². The van der Waals surface area contributed by atoms with Crippen molar-refractivity contribution in [2.75, 3.05) is 12.8 Å².